The van der Waals surface area contributed by atoms with Crippen LogP contribution in [0.4, 0.5) is 13.2 Å². The van der Waals surface area contributed by atoms with Gasteiger partial charge in [0.15, 0.2) is 5.66 Å². The third-order valence-electron chi connectivity index (χ3n) is 4.33. The van der Waals surface area contributed by atoms with Gasteiger partial charge in [0.05, 0.1) is 0 Å². The van der Waals surface area contributed by atoms with Crippen molar-refractivity contribution < 1.29 is 18.0 Å². The average Bonchev–Trinajstić information content (AvgIpc) is 2.75. The molecule has 1 amide bonds. The van der Waals surface area contributed by atoms with E-state index in [9.17, 15) is 18.0 Å². The van der Waals surface area contributed by atoms with Gasteiger partial charge in [-0.15, -0.1) is 0 Å². The summed E-state index contributed by atoms with van der Waals surface area (Å²) < 4.78 is 39.8. The predicted molar refractivity (Wildman–Crippen MR) is 54.0 cm³/mol. The van der Waals surface area contributed by atoms with Gasteiger partial charge < -0.3 is 4.90 Å². The number of nitrogens with one attached hydrogen (secondary N) is 1. The Hall–Kier alpha value is -0.780. The molecule has 0 aromatic carbocycles. The van der Waals surface area contributed by atoms with Crippen LogP contribution in [0.25, 0.3) is 0 Å². The number of alkyl halides is 3. The Labute approximate surface area is 97.3 Å². The molecule has 1 N–H and O–H groups in total. The first-order valence-corrected chi connectivity index (χ1v) is 6.12. The molecule has 2 heterocycles. The molecule has 17 heavy (non-hydrogen) atoms. The second kappa shape index (κ2) is 3.37. The van der Waals surface area contributed by atoms with E-state index in [0.717, 1.165) is 24.2 Å². The zero-order valence-electron chi connectivity index (χ0n) is 9.39. The number of carbonyl (C=O) groups excluding carboxylic acids is 1. The molecule has 0 aromatic rings. The first-order valence-electron chi connectivity index (χ1n) is 6.12. The molecular weight excluding hydrogens is 233 g/mol. The minimum Gasteiger partial charge on any atom is -0.312 e. The molecule has 3 aliphatic rings. The van der Waals surface area contributed by atoms with Crippen LogP contribution in [0.3, 0.4) is 0 Å². The van der Waals surface area contributed by atoms with Gasteiger partial charge in [-0.3, -0.25) is 10.1 Å². The van der Waals surface area contributed by atoms with Crippen molar-refractivity contribution in [1.29, 1.82) is 0 Å². The van der Waals surface area contributed by atoms with Crippen molar-refractivity contribution in [2.75, 3.05) is 0 Å². The molecule has 2 aliphatic heterocycles. The highest BCUT2D eigenvalue weighted by atomic mass is 19.4. The van der Waals surface area contributed by atoms with E-state index in [4.69, 9.17) is 0 Å². The maximum Gasteiger partial charge on any atom is 0.425 e. The lowest BCUT2D eigenvalue weighted by atomic mass is 9.91. The number of hydrogen-bond donors (Lipinski definition) is 1. The summed E-state index contributed by atoms with van der Waals surface area (Å²) >= 11 is 0. The fourth-order valence-corrected chi connectivity index (χ4v) is 3.61. The molecule has 3 rings (SSSR count). The van der Waals surface area contributed by atoms with Crippen molar-refractivity contribution in [2.24, 2.45) is 0 Å². The van der Waals surface area contributed by atoms with Crippen molar-refractivity contribution >= 4 is 5.91 Å². The SMILES string of the molecule is O=C1CC[C@]2(C(F)(F)F)N[C@@H]3CCCC[C@H]3N12. The van der Waals surface area contributed by atoms with Crippen molar-refractivity contribution in [3.8, 4) is 0 Å². The highest BCUT2D eigenvalue weighted by Gasteiger charge is 2.69. The molecule has 96 valence electrons. The molecule has 2 saturated heterocycles. The Bertz CT molecular complexity index is 357. The molecule has 0 aromatic heterocycles. The smallest absolute Gasteiger partial charge is 0.312 e. The average molecular weight is 248 g/mol. The van der Waals surface area contributed by atoms with Crippen molar-refractivity contribution in [1.82, 2.24) is 10.2 Å². The number of hydrogen-bond acceptors (Lipinski definition) is 2. The van der Waals surface area contributed by atoms with E-state index < -0.39 is 11.8 Å². The van der Waals surface area contributed by atoms with Crippen LogP contribution in [0.5, 0.6) is 0 Å². The summed E-state index contributed by atoms with van der Waals surface area (Å²) in [6.07, 6.45) is -1.20. The lowest BCUT2D eigenvalue weighted by Gasteiger charge is -2.36. The summed E-state index contributed by atoms with van der Waals surface area (Å²) in [6.45, 7) is 0. The van der Waals surface area contributed by atoms with Gasteiger partial charge in [0.25, 0.3) is 0 Å². The largest absolute Gasteiger partial charge is 0.425 e. The summed E-state index contributed by atoms with van der Waals surface area (Å²) in [7, 11) is 0. The molecule has 0 spiro atoms. The highest BCUT2D eigenvalue weighted by molar-refractivity contribution is 5.81. The van der Waals surface area contributed by atoms with E-state index >= 15 is 0 Å². The van der Waals surface area contributed by atoms with E-state index in [1.165, 1.54) is 0 Å². The molecule has 0 unspecified atom stereocenters. The van der Waals surface area contributed by atoms with Gasteiger partial charge in [-0.2, -0.15) is 13.2 Å². The number of fused-ring (bicyclic) bond motifs is 3. The number of rotatable bonds is 0. The molecule has 1 aliphatic carbocycles. The Morgan fingerprint density at radius 3 is 2.71 bits per heavy atom. The summed E-state index contributed by atoms with van der Waals surface area (Å²) in [5.74, 6) is -0.343. The van der Waals surface area contributed by atoms with Crippen molar-refractivity contribution in [3.05, 3.63) is 0 Å². The number of amides is 1. The van der Waals surface area contributed by atoms with E-state index in [1.807, 2.05) is 0 Å². The van der Waals surface area contributed by atoms with Crippen molar-refractivity contribution in [3.63, 3.8) is 0 Å². The van der Waals surface area contributed by atoms with E-state index in [-0.39, 0.29) is 30.8 Å². The second-order valence-corrected chi connectivity index (χ2v) is 5.22. The summed E-state index contributed by atoms with van der Waals surface area (Å²) in [6, 6.07) is -0.421. The number of carbonyl (C=O) groups is 1. The highest BCUT2D eigenvalue weighted by Crippen LogP contribution is 2.49. The van der Waals surface area contributed by atoms with Crippen LogP contribution in [-0.2, 0) is 4.79 Å². The predicted octanol–water partition coefficient (Wildman–Crippen LogP) is 1.78. The third-order valence-corrected chi connectivity index (χ3v) is 4.33. The van der Waals surface area contributed by atoms with Crippen LogP contribution in [-0.4, -0.2) is 34.7 Å². The Morgan fingerprint density at radius 1 is 1.29 bits per heavy atom. The monoisotopic (exact) mass is 248 g/mol. The molecule has 1 saturated carbocycles. The van der Waals surface area contributed by atoms with Gasteiger partial charge >= 0.3 is 6.18 Å². The molecule has 0 bridgehead atoms. The van der Waals surface area contributed by atoms with Gasteiger partial charge in [-0.05, 0) is 12.8 Å². The van der Waals surface area contributed by atoms with Crippen LogP contribution in [0.1, 0.15) is 38.5 Å². The zero-order valence-corrected chi connectivity index (χ0v) is 9.39. The summed E-state index contributed by atoms with van der Waals surface area (Å²) in [5.41, 5.74) is -2.07. The summed E-state index contributed by atoms with van der Waals surface area (Å²) in [4.78, 5) is 12.9. The number of nitrogens with zero attached hydrogens (tertiary/aromatic N) is 1. The van der Waals surface area contributed by atoms with Crippen LogP contribution in [0.15, 0.2) is 0 Å². The first kappa shape index (κ1) is 11.3. The fraction of sp³-hybridized carbons (Fsp3) is 0.909. The molecule has 3 nitrogen and oxygen atoms in total. The minimum atomic E-state index is -4.38. The van der Waals surface area contributed by atoms with Gasteiger partial charge in [0.2, 0.25) is 5.91 Å². The maximum absolute atomic E-state index is 13.3. The molecule has 3 fully saturated rings. The van der Waals surface area contributed by atoms with Gasteiger partial charge in [0.1, 0.15) is 0 Å². The quantitative estimate of drug-likeness (QED) is 0.708. The van der Waals surface area contributed by atoms with E-state index in [0.29, 0.717) is 6.42 Å². The maximum atomic E-state index is 13.3. The molecule has 6 heteroatoms. The standard InChI is InChI=1S/C11H15F3N2O/c12-11(13,14)10-6-5-9(17)16(10)8-4-2-1-3-7(8)15-10/h7-8,15H,1-6H2/t7-,8-,10+/m1/s1. The summed E-state index contributed by atoms with van der Waals surface area (Å²) in [5, 5.41) is 2.72. The Balaban J connectivity index is 2.00. The lowest BCUT2D eigenvalue weighted by molar-refractivity contribution is -0.225. The fourth-order valence-electron chi connectivity index (χ4n) is 3.61. The van der Waals surface area contributed by atoms with Crippen LogP contribution >= 0.6 is 0 Å². The molecule has 3 atom stereocenters. The van der Waals surface area contributed by atoms with E-state index in [2.05, 4.69) is 5.32 Å². The Morgan fingerprint density at radius 2 is 2.00 bits per heavy atom. The minimum absolute atomic E-state index is 0.00965. The molecular formula is C11H15F3N2O. The Kier molecular flexibility index (Phi) is 2.24. The zero-order chi connectivity index (χ0) is 12.3. The van der Waals surface area contributed by atoms with Gasteiger partial charge in [-0.1, -0.05) is 12.8 Å². The topological polar surface area (TPSA) is 32.3 Å². The van der Waals surface area contributed by atoms with Crippen LogP contribution in [0.2, 0.25) is 0 Å². The first-order chi connectivity index (χ1) is 7.96. The van der Waals surface area contributed by atoms with Crippen molar-refractivity contribution in [2.45, 2.75) is 62.4 Å². The molecule has 0 radical (unpaired) electrons. The second-order valence-electron chi connectivity index (χ2n) is 5.22. The number of halogens is 3. The van der Waals surface area contributed by atoms with Crippen LogP contribution < -0.4 is 5.32 Å². The van der Waals surface area contributed by atoms with Gasteiger partial charge in [0, 0.05) is 24.9 Å². The van der Waals surface area contributed by atoms with E-state index in [1.54, 1.807) is 0 Å². The lowest BCUT2D eigenvalue weighted by Crippen LogP contribution is -2.60. The van der Waals surface area contributed by atoms with Crippen LogP contribution in [0, 0.1) is 0 Å². The normalized spacial score (nSPS) is 41.6. The van der Waals surface area contributed by atoms with Gasteiger partial charge in [-0.25, -0.2) is 0 Å². The third kappa shape index (κ3) is 1.36.